The number of hydrogen-bond donors (Lipinski definition) is 2. The molecule has 1 aromatic rings. The molecule has 2 rings (SSSR count). The lowest BCUT2D eigenvalue weighted by Gasteiger charge is -2.19. The molecule has 0 saturated heterocycles. The SMILES string of the molecule is CC(C)[C@H](N)C(=O)N1C(=O)c2cccc(N)c2C1=O. The monoisotopic (exact) mass is 261 g/mol. The Kier molecular flexibility index (Phi) is 3.11. The second kappa shape index (κ2) is 4.47. The van der Waals surface area contributed by atoms with Crippen molar-refractivity contribution in [1.29, 1.82) is 0 Å². The van der Waals surface area contributed by atoms with Gasteiger partial charge in [-0.05, 0) is 18.1 Å². The van der Waals surface area contributed by atoms with Gasteiger partial charge in [-0.15, -0.1) is 0 Å². The van der Waals surface area contributed by atoms with E-state index in [-0.39, 0.29) is 22.7 Å². The molecule has 3 amide bonds. The summed E-state index contributed by atoms with van der Waals surface area (Å²) < 4.78 is 0. The maximum atomic E-state index is 12.1. The molecule has 1 heterocycles. The molecule has 1 aromatic carbocycles. The van der Waals surface area contributed by atoms with Gasteiger partial charge in [-0.25, -0.2) is 4.90 Å². The summed E-state index contributed by atoms with van der Waals surface area (Å²) in [5.41, 5.74) is 11.8. The third kappa shape index (κ3) is 1.90. The number of amides is 3. The van der Waals surface area contributed by atoms with E-state index in [4.69, 9.17) is 11.5 Å². The van der Waals surface area contributed by atoms with E-state index >= 15 is 0 Å². The first-order valence-corrected chi connectivity index (χ1v) is 5.93. The molecule has 100 valence electrons. The highest BCUT2D eigenvalue weighted by Gasteiger charge is 2.43. The maximum Gasteiger partial charge on any atom is 0.270 e. The normalized spacial score (nSPS) is 15.9. The van der Waals surface area contributed by atoms with Gasteiger partial charge in [-0.2, -0.15) is 0 Å². The lowest BCUT2D eigenvalue weighted by molar-refractivity contribution is -0.128. The van der Waals surface area contributed by atoms with E-state index in [1.165, 1.54) is 12.1 Å². The number of nitrogens with zero attached hydrogens (tertiary/aromatic N) is 1. The van der Waals surface area contributed by atoms with E-state index in [2.05, 4.69) is 0 Å². The number of carbonyl (C=O) groups excluding carboxylic acids is 3. The summed E-state index contributed by atoms with van der Waals surface area (Å²) in [6, 6.07) is 3.65. The van der Waals surface area contributed by atoms with Crippen LogP contribution in [-0.4, -0.2) is 28.7 Å². The number of rotatable bonds is 2. The zero-order valence-electron chi connectivity index (χ0n) is 10.7. The Morgan fingerprint density at radius 3 is 2.37 bits per heavy atom. The fraction of sp³-hybridized carbons (Fsp3) is 0.308. The molecule has 0 bridgehead atoms. The smallest absolute Gasteiger partial charge is 0.270 e. The Morgan fingerprint density at radius 1 is 1.21 bits per heavy atom. The molecule has 0 fully saturated rings. The van der Waals surface area contributed by atoms with E-state index in [0.717, 1.165) is 0 Å². The highest BCUT2D eigenvalue weighted by atomic mass is 16.2. The largest absolute Gasteiger partial charge is 0.398 e. The molecule has 1 aliphatic heterocycles. The number of fused-ring (bicyclic) bond motifs is 1. The number of nitrogen functional groups attached to an aromatic ring is 1. The van der Waals surface area contributed by atoms with Crippen LogP contribution in [0.3, 0.4) is 0 Å². The number of hydrogen-bond acceptors (Lipinski definition) is 5. The van der Waals surface area contributed by atoms with Gasteiger partial charge in [0.25, 0.3) is 17.7 Å². The second-order valence-electron chi connectivity index (χ2n) is 4.82. The van der Waals surface area contributed by atoms with E-state index in [0.29, 0.717) is 4.90 Å². The summed E-state index contributed by atoms with van der Waals surface area (Å²) in [5.74, 6) is -2.22. The van der Waals surface area contributed by atoms with E-state index in [1.807, 2.05) is 0 Å². The van der Waals surface area contributed by atoms with Crippen molar-refractivity contribution in [2.75, 3.05) is 5.73 Å². The molecule has 0 saturated carbocycles. The van der Waals surface area contributed by atoms with Gasteiger partial charge in [0.05, 0.1) is 17.2 Å². The van der Waals surface area contributed by atoms with Crippen LogP contribution >= 0.6 is 0 Å². The van der Waals surface area contributed by atoms with Gasteiger partial charge in [0.1, 0.15) is 0 Å². The van der Waals surface area contributed by atoms with Crippen LogP contribution in [0.25, 0.3) is 0 Å². The average molecular weight is 261 g/mol. The van der Waals surface area contributed by atoms with Gasteiger partial charge in [0.2, 0.25) is 0 Å². The summed E-state index contributed by atoms with van der Waals surface area (Å²) in [6.07, 6.45) is 0. The topological polar surface area (TPSA) is 106 Å². The lowest BCUT2D eigenvalue weighted by atomic mass is 10.0. The summed E-state index contributed by atoms with van der Waals surface area (Å²) in [4.78, 5) is 36.9. The Balaban J connectivity index is 2.44. The Labute approximate surface area is 110 Å². The predicted octanol–water partition coefficient (Wildman–Crippen LogP) is 0.375. The van der Waals surface area contributed by atoms with Crippen LogP contribution in [0.15, 0.2) is 18.2 Å². The standard InChI is InChI=1S/C13H15N3O3/c1-6(2)10(15)13(19)16-11(17)7-4-3-5-8(14)9(7)12(16)18/h3-6,10H,14-15H2,1-2H3/t10-/m0/s1. The van der Waals surface area contributed by atoms with Crippen molar-refractivity contribution in [2.24, 2.45) is 11.7 Å². The van der Waals surface area contributed by atoms with Crippen LogP contribution < -0.4 is 11.5 Å². The van der Waals surface area contributed by atoms with Gasteiger partial charge in [0.15, 0.2) is 0 Å². The van der Waals surface area contributed by atoms with Gasteiger partial charge in [-0.1, -0.05) is 19.9 Å². The molecule has 0 unspecified atom stereocenters. The Bertz CT molecular complexity index is 580. The molecule has 6 nitrogen and oxygen atoms in total. The molecule has 0 spiro atoms. The third-order valence-corrected chi connectivity index (χ3v) is 3.17. The van der Waals surface area contributed by atoms with Gasteiger partial charge in [0, 0.05) is 5.69 Å². The van der Waals surface area contributed by atoms with Gasteiger partial charge >= 0.3 is 0 Å². The molecule has 0 radical (unpaired) electrons. The van der Waals surface area contributed by atoms with Crippen LogP contribution in [0, 0.1) is 5.92 Å². The van der Waals surface area contributed by atoms with Gasteiger partial charge in [-0.3, -0.25) is 14.4 Å². The van der Waals surface area contributed by atoms with Crippen molar-refractivity contribution in [3.05, 3.63) is 29.3 Å². The minimum atomic E-state index is -0.900. The van der Waals surface area contributed by atoms with Crippen LogP contribution in [0.5, 0.6) is 0 Å². The number of nitrogens with two attached hydrogens (primary N) is 2. The van der Waals surface area contributed by atoms with Crippen molar-refractivity contribution in [2.45, 2.75) is 19.9 Å². The molecule has 4 N–H and O–H groups in total. The van der Waals surface area contributed by atoms with E-state index in [1.54, 1.807) is 19.9 Å². The van der Waals surface area contributed by atoms with E-state index < -0.39 is 23.8 Å². The van der Waals surface area contributed by atoms with Crippen LogP contribution in [-0.2, 0) is 4.79 Å². The zero-order valence-corrected chi connectivity index (χ0v) is 10.7. The van der Waals surface area contributed by atoms with Crippen molar-refractivity contribution < 1.29 is 14.4 Å². The predicted molar refractivity (Wildman–Crippen MR) is 69.2 cm³/mol. The second-order valence-corrected chi connectivity index (χ2v) is 4.82. The molecule has 1 aliphatic rings. The zero-order chi connectivity index (χ0) is 14.3. The van der Waals surface area contributed by atoms with Crippen molar-refractivity contribution in [1.82, 2.24) is 4.90 Å². The summed E-state index contributed by atoms with van der Waals surface area (Å²) in [5, 5.41) is 0. The first-order valence-electron chi connectivity index (χ1n) is 5.93. The van der Waals surface area contributed by atoms with Crippen molar-refractivity contribution in [3.8, 4) is 0 Å². The fourth-order valence-corrected chi connectivity index (χ4v) is 1.95. The summed E-state index contributed by atoms with van der Waals surface area (Å²) >= 11 is 0. The number of benzene rings is 1. The lowest BCUT2D eigenvalue weighted by Crippen LogP contribution is -2.48. The Hall–Kier alpha value is -2.21. The third-order valence-electron chi connectivity index (χ3n) is 3.17. The molecule has 6 heteroatoms. The van der Waals surface area contributed by atoms with Crippen LogP contribution in [0.1, 0.15) is 34.6 Å². The first kappa shape index (κ1) is 13.2. The fourth-order valence-electron chi connectivity index (χ4n) is 1.95. The highest BCUT2D eigenvalue weighted by molar-refractivity contribution is 6.31. The number of anilines is 1. The molecular weight excluding hydrogens is 246 g/mol. The Morgan fingerprint density at radius 2 is 1.84 bits per heavy atom. The summed E-state index contributed by atoms with van der Waals surface area (Å²) in [6.45, 7) is 3.49. The van der Waals surface area contributed by atoms with E-state index in [9.17, 15) is 14.4 Å². The summed E-state index contributed by atoms with van der Waals surface area (Å²) in [7, 11) is 0. The maximum absolute atomic E-state index is 12.1. The molecule has 19 heavy (non-hydrogen) atoms. The van der Waals surface area contributed by atoms with Crippen molar-refractivity contribution in [3.63, 3.8) is 0 Å². The molecule has 0 aromatic heterocycles. The first-order chi connectivity index (χ1) is 8.86. The van der Waals surface area contributed by atoms with Gasteiger partial charge < -0.3 is 11.5 Å². The molecular formula is C13H15N3O3. The number of carbonyl (C=O) groups is 3. The molecule has 1 atom stereocenters. The minimum absolute atomic E-state index is 0.0804. The van der Waals surface area contributed by atoms with Crippen molar-refractivity contribution >= 4 is 23.4 Å². The van der Waals surface area contributed by atoms with Crippen LogP contribution in [0.4, 0.5) is 5.69 Å². The number of imide groups is 3. The highest BCUT2D eigenvalue weighted by Crippen LogP contribution is 2.28. The average Bonchev–Trinajstić information content (AvgIpc) is 2.61. The van der Waals surface area contributed by atoms with Crippen LogP contribution in [0.2, 0.25) is 0 Å². The minimum Gasteiger partial charge on any atom is -0.398 e. The molecule has 0 aliphatic carbocycles. The quantitative estimate of drug-likeness (QED) is 0.591.